The quantitative estimate of drug-likeness (QED) is 0.683. The molecule has 1 fully saturated rings. The maximum atomic E-state index is 12.4. The van der Waals surface area contributed by atoms with Crippen molar-refractivity contribution in [1.29, 1.82) is 0 Å². The number of amides is 1. The van der Waals surface area contributed by atoms with Crippen molar-refractivity contribution >= 4 is 17.5 Å². The molecule has 2 heterocycles. The van der Waals surface area contributed by atoms with E-state index in [0.717, 1.165) is 49.3 Å². The third kappa shape index (κ3) is 4.63. The Kier molecular flexibility index (Phi) is 5.99. The largest absolute Gasteiger partial charge is 0.497 e. The summed E-state index contributed by atoms with van der Waals surface area (Å²) in [4.78, 5) is 21.5. The standard InChI is InChI=1S/C23H27N5O2/c1-18-6-8-20(9-7-18)28-11-10-24-23(28)27-14-12-26(13-15-27)17-22(29)25-19-4-3-5-21(16-19)30-2/h3-11,16H,12-15,17H2,1-2H3,(H,25,29). The molecule has 156 valence electrons. The molecule has 0 unspecified atom stereocenters. The molecule has 1 saturated heterocycles. The lowest BCUT2D eigenvalue weighted by atomic mass is 10.2. The Labute approximate surface area is 176 Å². The predicted octanol–water partition coefficient (Wildman–Crippen LogP) is 2.95. The summed E-state index contributed by atoms with van der Waals surface area (Å²) in [5, 5.41) is 2.95. The van der Waals surface area contributed by atoms with Crippen LogP contribution in [-0.2, 0) is 4.79 Å². The number of benzene rings is 2. The number of nitrogens with zero attached hydrogens (tertiary/aromatic N) is 4. The number of hydrogen-bond donors (Lipinski definition) is 1. The molecule has 1 aliphatic heterocycles. The van der Waals surface area contributed by atoms with Gasteiger partial charge in [-0.25, -0.2) is 4.98 Å². The summed E-state index contributed by atoms with van der Waals surface area (Å²) in [6, 6.07) is 15.8. The number of piperazine rings is 1. The van der Waals surface area contributed by atoms with Gasteiger partial charge in [0, 0.05) is 56.0 Å². The molecule has 1 amide bonds. The maximum absolute atomic E-state index is 12.4. The van der Waals surface area contributed by atoms with Crippen LogP contribution in [0, 0.1) is 6.92 Å². The first-order valence-electron chi connectivity index (χ1n) is 10.1. The highest BCUT2D eigenvalue weighted by Crippen LogP contribution is 2.20. The minimum atomic E-state index is -0.0159. The highest BCUT2D eigenvalue weighted by molar-refractivity contribution is 5.92. The zero-order chi connectivity index (χ0) is 20.9. The molecule has 1 N–H and O–H groups in total. The summed E-state index contributed by atoms with van der Waals surface area (Å²) < 4.78 is 7.32. The Hall–Kier alpha value is -3.32. The minimum Gasteiger partial charge on any atom is -0.497 e. The Morgan fingerprint density at radius 1 is 1.10 bits per heavy atom. The molecule has 0 atom stereocenters. The first-order chi connectivity index (χ1) is 14.6. The maximum Gasteiger partial charge on any atom is 0.238 e. The number of anilines is 2. The van der Waals surface area contributed by atoms with Crippen molar-refractivity contribution in [1.82, 2.24) is 14.5 Å². The van der Waals surface area contributed by atoms with Gasteiger partial charge >= 0.3 is 0 Å². The normalized spacial score (nSPS) is 14.5. The fourth-order valence-electron chi connectivity index (χ4n) is 3.65. The van der Waals surface area contributed by atoms with Crippen molar-refractivity contribution in [3.63, 3.8) is 0 Å². The SMILES string of the molecule is COc1cccc(NC(=O)CN2CCN(c3nccn3-c3ccc(C)cc3)CC2)c1. The number of aromatic nitrogens is 2. The van der Waals surface area contributed by atoms with Crippen LogP contribution in [0.1, 0.15) is 5.56 Å². The van der Waals surface area contributed by atoms with Crippen LogP contribution in [0.5, 0.6) is 5.75 Å². The minimum absolute atomic E-state index is 0.0159. The van der Waals surface area contributed by atoms with Gasteiger partial charge in [0.1, 0.15) is 5.75 Å². The molecular weight excluding hydrogens is 378 g/mol. The summed E-state index contributed by atoms with van der Waals surface area (Å²) in [7, 11) is 1.62. The van der Waals surface area contributed by atoms with Gasteiger partial charge in [-0.2, -0.15) is 0 Å². The van der Waals surface area contributed by atoms with E-state index in [9.17, 15) is 4.79 Å². The molecule has 0 saturated carbocycles. The van der Waals surface area contributed by atoms with Gasteiger partial charge in [-0.05, 0) is 31.2 Å². The Morgan fingerprint density at radius 2 is 1.87 bits per heavy atom. The van der Waals surface area contributed by atoms with Gasteiger partial charge in [0.15, 0.2) is 0 Å². The van der Waals surface area contributed by atoms with E-state index in [2.05, 4.69) is 55.9 Å². The van der Waals surface area contributed by atoms with E-state index >= 15 is 0 Å². The number of rotatable bonds is 6. The zero-order valence-corrected chi connectivity index (χ0v) is 17.4. The summed E-state index contributed by atoms with van der Waals surface area (Å²) >= 11 is 0. The van der Waals surface area contributed by atoms with Crippen LogP contribution in [0.3, 0.4) is 0 Å². The average Bonchev–Trinajstić information content (AvgIpc) is 3.25. The Morgan fingerprint density at radius 3 is 2.60 bits per heavy atom. The molecule has 30 heavy (non-hydrogen) atoms. The van der Waals surface area contributed by atoms with Gasteiger partial charge in [0.2, 0.25) is 11.9 Å². The molecule has 0 bridgehead atoms. The molecule has 0 aliphatic carbocycles. The first kappa shape index (κ1) is 20.0. The number of imidazole rings is 1. The van der Waals surface area contributed by atoms with Crippen LogP contribution < -0.4 is 15.0 Å². The summed E-state index contributed by atoms with van der Waals surface area (Å²) in [5.41, 5.74) is 3.09. The van der Waals surface area contributed by atoms with Crippen molar-refractivity contribution in [3.05, 3.63) is 66.5 Å². The second kappa shape index (κ2) is 9.00. The van der Waals surface area contributed by atoms with E-state index in [1.54, 1.807) is 7.11 Å². The fraction of sp³-hybridized carbons (Fsp3) is 0.304. The molecule has 7 heteroatoms. The van der Waals surface area contributed by atoms with E-state index in [1.165, 1.54) is 5.56 Å². The van der Waals surface area contributed by atoms with Crippen LogP contribution in [-0.4, -0.2) is 60.2 Å². The van der Waals surface area contributed by atoms with E-state index in [0.29, 0.717) is 6.54 Å². The van der Waals surface area contributed by atoms with Gasteiger partial charge in [0.05, 0.1) is 13.7 Å². The third-order valence-electron chi connectivity index (χ3n) is 5.31. The molecule has 0 spiro atoms. The first-order valence-corrected chi connectivity index (χ1v) is 10.1. The van der Waals surface area contributed by atoms with Crippen molar-refractivity contribution in [2.45, 2.75) is 6.92 Å². The summed E-state index contributed by atoms with van der Waals surface area (Å²) in [6.45, 7) is 5.74. The second-order valence-corrected chi connectivity index (χ2v) is 7.48. The number of hydrogen-bond acceptors (Lipinski definition) is 5. The molecule has 7 nitrogen and oxygen atoms in total. The number of ether oxygens (including phenoxy) is 1. The molecule has 2 aromatic carbocycles. The van der Waals surface area contributed by atoms with Crippen LogP contribution in [0.15, 0.2) is 60.9 Å². The predicted molar refractivity (Wildman–Crippen MR) is 119 cm³/mol. The number of methoxy groups -OCH3 is 1. The highest BCUT2D eigenvalue weighted by Gasteiger charge is 2.22. The second-order valence-electron chi connectivity index (χ2n) is 7.48. The Balaban J connectivity index is 1.33. The molecule has 1 aromatic heterocycles. The monoisotopic (exact) mass is 405 g/mol. The molecule has 4 rings (SSSR count). The topological polar surface area (TPSA) is 62.6 Å². The van der Waals surface area contributed by atoms with Crippen LogP contribution in [0.25, 0.3) is 5.69 Å². The number of aryl methyl sites for hydroxylation is 1. The number of carbonyl (C=O) groups is 1. The van der Waals surface area contributed by atoms with Crippen molar-refractivity contribution in [3.8, 4) is 11.4 Å². The molecular formula is C23H27N5O2. The average molecular weight is 406 g/mol. The van der Waals surface area contributed by atoms with Gasteiger partial charge in [0.25, 0.3) is 0 Å². The number of carbonyl (C=O) groups excluding carboxylic acids is 1. The van der Waals surface area contributed by atoms with Gasteiger partial charge in [-0.3, -0.25) is 14.3 Å². The van der Waals surface area contributed by atoms with Gasteiger partial charge in [-0.1, -0.05) is 23.8 Å². The smallest absolute Gasteiger partial charge is 0.238 e. The van der Waals surface area contributed by atoms with Gasteiger partial charge < -0.3 is 15.0 Å². The fourth-order valence-corrected chi connectivity index (χ4v) is 3.65. The van der Waals surface area contributed by atoms with Crippen molar-refractivity contribution < 1.29 is 9.53 Å². The number of nitrogens with one attached hydrogen (secondary N) is 1. The molecule has 0 radical (unpaired) electrons. The lowest BCUT2D eigenvalue weighted by Gasteiger charge is -2.35. The third-order valence-corrected chi connectivity index (χ3v) is 5.31. The van der Waals surface area contributed by atoms with Crippen molar-refractivity contribution in [2.24, 2.45) is 0 Å². The molecule has 3 aromatic rings. The van der Waals surface area contributed by atoms with E-state index < -0.39 is 0 Å². The van der Waals surface area contributed by atoms with Crippen LogP contribution in [0.2, 0.25) is 0 Å². The van der Waals surface area contributed by atoms with Crippen LogP contribution in [0.4, 0.5) is 11.6 Å². The highest BCUT2D eigenvalue weighted by atomic mass is 16.5. The van der Waals surface area contributed by atoms with Gasteiger partial charge in [-0.15, -0.1) is 0 Å². The summed E-state index contributed by atoms with van der Waals surface area (Å²) in [6.07, 6.45) is 3.83. The van der Waals surface area contributed by atoms with E-state index in [-0.39, 0.29) is 5.91 Å². The van der Waals surface area contributed by atoms with Crippen LogP contribution >= 0.6 is 0 Å². The Bertz CT molecular complexity index is 991. The zero-order valence-electron chi connectivity index (χ0n) is 17.4. The van der Waals surface area contributed by atoms with E-state index in [4.69, 9.17) is 4.74 Å². The summed E-state index contributed by atoms with van der Waals surface area (Å²) in [5.74, 6) is 1.66. The van der Waals surface area contributed by atoms with E-state index in [1.807, 2.05) is 36.7 Å². The lowest BCUT2D eigenvalue weighted by Crippen LogP contribution is -2.49. The van der Waals surface area contributed by atoms with Crippen molar-refractivity contribution in [2.75, 3.05) is 50.1 Å². The lowest BCUT2D eigenvalue weighted by molar-refractivity contribution is -0.117. The molecule has 1 aliphatic rings.